The monoisotopic (exact) mass is 152 g/mol. The van der Waals surface area contributed by atoms with Crippen molar-refractivity contribution in [3.05, 3.63) is 24.0 Å². The molecule has 0 bridgehead atoms. The molecule has 0 aliphatic rings. The van der Waals surface area contributed by atoms with Crippen molar-refractivity contribution in [2.45, 2.75) is 32.9 Å². The lowest BCUT2D eigenvalue weighted by Crippen LogP contribution is -2.25. The summed E-state index contributed by atoms with van der Waals surface area (Å²) in [5.74, 6) is 0. The van der Waals surface area contributed by atoms with Gasteiger partial charge in [0.05, 0.1) is 0 Å². The van der Waals surface area contributed by atoms with E-state index in [0.29, 0.717) is 12.1 Å². The maximum Gasteiger partial charge on any atom is 0.0309 e. The Morgan fingerprint density at radius 1 is 1.36 bits per heavy atom. The lowest BCUT2D eigenvalue weighted by atomic mass is 10.1. The Kier molecular flexibility index (Phi) is 2.71. The molecule has 0 aliphatic heterocycles. The molecular weight excluding hydrogens is 136 g/mol. The summed E-state index contributed by atoms with van der Waals surface area (Å²) in [5.41, 5.74) is 1.32. The fraction of sp³-hybridized carbons (Fsp3) is 0.556. The maximum atomic E-state index is 3.43. The molecule has 0 unspecified atom stereocenters. The van der Waals surface area contributed by atoms with E-state index in [9.17, 15) is 0 Å². The third-order valence-electron chi connectivity index (χ3n) is 1.71. The molecule has 2 nitrogen and oxygen atoms in total. The molecule has 0 fully saturated rings. The van der Waals surface area contributed by atoms with Gasteiger partial charge in [0, 0.05) is 24.5 Å². The highest BCUT2D eigenvalue weighted by Crippen LogP contribution is 2.10. The fourth-order valence-electron chi connectivity index (χ4n) is 1.20. The van der Waals surface area contributed by atoms with Gasteiger partial charge in [0.15, 0.2) is 0 Å². The van der Waals surface area contributed by atoms with Crippen LogP contribution in [0, 0.1) is 0 Å². The van der Waals surface area contributed by atoms with Crippen LogP contribution < -0.4 is 5.32 Å². The van der Waals surface area contributed by atoms with Crippen LogP contribution in [0.3, 0.4) is 0 Å². The first-order valence-electron chi connectivity index (χ1n) is 4.09. The van der Waals surface area contributed by atoms with E-state index in [2.05, 4.69) is 37.1 Å². The summed E-state index contributed by atoms with van der Waals surface area (Å²) in [7, 11) is 0. The Hall–Kier alpha value is -0.760. The van der Waals surface area contributed by atoms with Gasteiger partial charge in [0.2, 0.25) is 0 Å². The standard InChI is InChI=1S/C9H16N2/c1-7(2)11-8(3)9-4-5-10-6-9/h4-8,10-11H,1-3H3/t8-/m1/s1. The van der Waals surface area contributed by atoms with Crippen LogP contribution >= 0.6 is 0 Å². The van der Waals surface area contributed by atoms with Crippen LogP contribution in [0.1, 0.15) is 32.4 Å². The Bertz CT molecular complexity index is 189. The van der Waals surface area contributed by atoms with Crippen LogP contribution in [0.25, 0.3) is 0 Å². The summed E-state index contributed by atoms with van der Waals surface area (Å²) in [4.78, 5) is 3.04. The molecule has 0 spiro atoms. The maximum absolute atomic E-state index is 3.43. The van der Waals surface area contributed by atoms with E-state index < -0.39 is 0 Å². The van der Waals surface area contributed by atoms with E-state index in [1.54, 1.807) is 0 Å². The predicted molar refractivity (Wildman–Crippen MR) is 47.5 cm³/mol. The van der Waals surface area contributed by atoms with Crippen molar-refractivity contribution in [2.24, 2.45) is 0 Å². The molecule has 1 aromatic rings. The zero-order chi connectivity index (χ0) is 8.27. The largest absolute Gasteiger partial charge is 0.367 e. The highest BCUT2D eigenvalue weighted by atomic mass is 14.9. The molecular formula is C9H16N2. The average molecular weight is 152 g/mol. The van der Waals surface area contributed by atoms with Gasteiger partial charge in [-0.2, -0.15) is 0 Å². The van der Waals surface area contributed by atoms with Gasteiger partial charge >= 0.3 is 0 Å². The summed E-state index contributed by atoms with van der Waals surface area (Å²) in [6.07, 6.45) is 3.98. The van der Waals surface area contributed by atoms with Crippen molar-refractivity contribution in [1.29, 1.82) is 0 Å². The number of aromatic nitrogens is 1. The van der Waals surface area contributed by atoms with E-state index in [-0.39, 0.29) is 0 Å². The molecule has 0 radical (unpaired) electrons. The average Bonchev–Trinajstić information content (AvgIpc) is 2.35. The van der Waals surface area contributed by atoms with Crippen LogP contribution in [-0.4, -0.2) is 11.0 Å². The van der Waals surface area contributed by atoms with E-state index in [1.165, 1.54) is 5.56 Å². The van der Waals surface area contributed by atoms with Crippen molar-refractivity contribution in [3.8, 4) is 0 Å². The quantitative estimate of drug-likeness (QED) is 0.681. The summed E-state index contributed by atoms with van der Waals surface area (Å²) in [6.45, 7) is 6.48. The van der Waals surface area contributed by atoms with Gasteiger partial charge in [-0.1, -0.05) is 13.8 Å². The molecule has 0 saturated heterocycles. The van der Waals surface area contributed by atoms with E-state index >= 15 is 0 Å². The van der Waals surface area contributed by atoms with E-state index in [0.717, 1.165) is 0 Å². The molecule has 0 saturated carbocycles. The first kappa shape index (κ1) is 8.34. The molecule has 1 atom stereocenters. The topological polar surface area (TPSA) is 27.8 Å². The zero-order valence-corrected chi connectivity index (χ0v) is 7.39. The smallest absolute Gasteiger partial charge is 0.0309 e. The lowest BCUT2D eigenvalue weighted by Gasteiger charge is -2.14. The van der Waals surface area contributed by atoms with Crippen LogP contribution in [0.4, 0.5) is 0 Å². The Morgan fingerprint density at radius 3 is 2.55 bits per heavy atom. The molecule has 0 amide bonds. The van der Waals surface area contributed by atoms with Crippen molar-refractivity contribution in [1.82, 2.24) is 10.3 Å². The molecule has 2 heteroatoms. The highest BCUT2D eigenvalue weighted by Gasteiger charge is 2.05. The van der Waals surface area contributed by atoms with Crippen molar-refractivity contribution in [3.63, 3.8) is 0 Å². The Labute approximate surface area is 68.0 Å². The van der Waals surface area contributed by atoms with Crippen molar-refractivity contribution >= 4 is 0 Å². The highest BCUT2D eigenvalue weighted by molar-refractivity contribution is 5.12. The first-order chi connectivity index (χ1) is 5.20. The summed E-state index contributed by atoms with van der Waals surface area (Å²) >= 11 is 0. The minimum absolute atomic E-state index is 0.446. The Balaban J connectivity index is 2.49. The van der Waals surface area contributed by atoms with Crippen LogP contribution in [0.5, 0.6) is 0 Å². The summed E-state index contributed by atoms with van der Waals surface area (Å²) in [6, 6.07) is 3.08. The minimum Gasteiger partial charge on any atom is -0.367 e. The van der Waals surface area contributed by atoms with Gasteiger partial charge < -0.3 is 10.3 Å². The predicted octanol–water partition coefficient (Wildman–Crippen LogP) is 2.07. The molecule has 2 N–H and O–H groups in total. The number of rotatable bonds is 3. The van der Waals surface area contributed by atoms with Gasteiger partial charge in [0.1, 0.15) is 0 Å². The number of hydrogen-bond donors (Lipinski definition) is 2. The zero-order valence-electron chi connectivity index (χ0n) is 7.39. The second kappa shape index (κ2) is 3.58. The number of hydrogen-bond acceptors (Lipinski definition) is 1. The SMILES string of the molecule is CC(C)N[C@H](C)c1cc[nH]c1. The van der Waals surface area contributed by atoms with E-state index in [1.807, 2.05) is 12.4 Å². The molecule has 11 heavy (non-hydrogen) atoms. The van der Waals surface area contributed by atoms with Crippen LogP contribution in [-0.2, 0) is 0 Å². The van der Waals surface area contributed by atoms with Gasteiger partial charge in [-0.15, -0.1) is 0 Å². The second-order valence-electron chi connectivity index (χ2n) is 3.19. The summed E-state index contributed by atoms with van der Waals surface area (Å²) in [5, 5.41) is 3.43. The molecule has 0 aromatic carbocycles. The normalized spacial score (nSPS) is 13.8. The molecule has 62 valence electrons. The Morgan fingerprint density at radius 2 is 2.09 bits per heavy atom. The molecule has 1 aromatic heterocycles. The van der Waals surface area contributed by atoms with Crippen LogP contribution in [0.2, 0.25) is 0 Å². The molecule has 1 rings (SSSR count). The second-order valence-corrected chi connectivity index (χ2v) is 3.19. The molecule has 0 aliphatic carbocycles. The van der Waals surface area contributed by atoms with E-state index in [4.69, 9.17) is 0 Å². The third kappa shape index (κ3) is 2.39. The van der Waals surface area contributed by atoms with Crippen molar-refractivity contribution < 1.29 is 0 Å². The third-order valence-corrected chi connectivity index (χ3v) is 1.71. The van der Waals surface area contributed by atoms with Gasteiger partial charge in [0.25, 0.3) is 0 Å². The minimum atomic E-state index is 0.446. The molecule has 1 heterocycles. The number of nitrogens with one attached hydrogen (secondary N) is 2. The number of aromatic amines is 1. The first-order valence-corrected chi connectivity index (χ1v) is 4.09. The van der Waals surface area contributed by atoms with Crippen molar-refractivity contribution in [2.75, 3.05) is 0 Å². The van der Waals surface area contributed by atoms with Crippen LogP contribution in [0.15, 0.2) is 18.5 Å². The summed E-state index contributed by atoms with van der Waals surface area (Å²) < 4.78 is 0. The lowest BCUT2D eigenvalue weighted by molar-refractivity contribution is 0.506. The van der Waals surface area contributed by atoms with Gasteiger partial charge in [-0.25, -0.2) is 0 Å². The van der Waals surface area contributed by atoms with Gasteiger partial charge in [-0.3, -0.25) is 0 Å². The fourth-order valence-corrected chi connectivity index (χ4v) is 1.20. The number of H-pyrrole nitrogens is 1. The van der Waals surface area contributed by atoms with Gasteiger partial charge in [-0.05, 0) is 18.6 Å².